The third kappa shape index (κ3) is 3.95. The highest BCUT2D eigenvalue weighted by Crippen LogP contribution is 2.25. The van der Waals surface area contributed by atoms with Crippen molar-refractivity contribution >= 4 is 5.97 Å². The fourth-order valence-electron chi connectivity index (χ4n) is 2.63. The molecule has 2 aliphatic carbocycles. The molecule has 0 aromatic carbocycles. The number of rotatable bonds is 7. The van der Waals surface area contributed by atoms with Gasteiger partial charge in [0.25, 0.3) is 0 Å². The van der Waals surface area contributed by atoms with Crippen molar-refractivity contribution in [3.63, 3.8) is 0 Å². The number of hydrogen-bond acceptors (Lipinski definition) is 3. The molecule has 2 rings (SSSR count). The van der Waals surface area contributed by atoms with Crippen LogP contribution in [0, 0.1) is 5.92 Å². The average molecular weight is 255 g/mol. The molecule has 4 heteroatoms. The van der Waals surface area contributed by atoms with Gasteiger partial charge in [0.1, 0.15) is 5.54 Å². The number of carboxylic acids is 1. The fraction of sp³-hybridized carbons (Fsp3) is 0.929. The van der Waals surface area contributed by atoms with Crippen LogP contribution in [0.15, 0.2) is 0 Å². The topological polar surface area (TPSA) is 58.6 Å². The zero-order valence-electron chi connectivity index (χ0n) is 11.3. The Kier molecular flexibility index (Phi) is 4.62. The van der Waals surface area contributed by atoms with Crippen LogP contribution in [0.25, 0.3) is 0 Å². The van der Waals surface area contributed by atoms with Gasteiger partial charge in [0.05, 0.1) is 6.61 Å². The molecule has 2 N–H and O–H groups in total. The lowest BCUT2D eigenvalue weighted by Gasteiger charge is -2.28. The zero-order valence-corrected chi connectivity index (χ0v) is 11.3. The van der Waals surface area contributed by atoms with Crippen molar-refractivity contribution in [2.45, 2.75) is 63.5 Å². The van der Waals surface area contributed by atoms with Crippen molar-refractivity contribution in [2.24, 2.45) is 5.92 Å². The van der Waals surface area contributed by atoms with E-state index in [4.69, 9.17) is 4.74 Å². The van der Waals surface area contributed by atoms with Gasteiger partial charge in [-0.2, -0.15) is 0 Å². The second-order valence-electron chi connectivity index (χ2n) is 6.08. The molecular weight excluding hydrogens is 230 g/mol. The largest absolute Gasteiger partial charge is 0.480 e. The molecule has 2 aliphatic rings. The van der Waals surface area contributed by atoms with Crippen LogP contribution < -0.4 is 5.32 Å². The van der Waals surface area contributed by atoms with Crippen LogP contribution in [-0.2, 0) is 9.53 Å². The second kappa shape index (κ2) is 6.02. The number of ether oxygens (including phenoxy) is 1. The van der Waals surface area contributed by atoms with E-state index in [2.05, 4.69) is 5.32 Å². The summed E-state index contributed by atoms with van der Waals surface area (Å²) >= 11 is 0. The predicted octanol–water partition coefficient (Wildman–Crippen LogP) is 2.18. The second-order valence-corrected chi connectivity index (χ2v) is 6.08. The lowest BCUT2D eigenvalue weighted by Crippen LogP contribution is -2.54. The molecule has 0 aromatic rings. The Morgan fingerprint density at radius 2 is 1.94 bits per heavy atom. The van der Waals surface area contributed by atoms with Gasteiger partial charge >= 0.3 is 5.97 Å². The van der Waals surface area contributed by atoms with Crippen molar-refractivity contribution in [2.75, 3.05) is 13.2 Å². The van der Waals surface area contributed by atoms with Gasteiger partial charge in [0, 0.05) is 12.6 Å². The Morgan fingerprint density at radius 3 is 2.50 bits per heavy atom. The van der Waals surface area contributed by atoms with Crippen LogP contribution in [0.4, 0.5) is 0 Å². The first-order valence-electron chi connectivity index (χ1n) is 7.19. The first kappa shape index (κ1) is 13.8. The summed E-state index contributed by atoms with van der Waals surface area (Å²) < 4.78 is 5.68. The van der Waals surface area contributed by atoms with Gasteiger partial charge in [-0.3, -0.25) is 10.1 Å². The standard InChI is InChI=1S/C14H25NO3/c1-14(13(16)17,15-12-7-8-12)10-18-9-11-5-3-2-4-6-11/h11-12,15H,2-10H2,1H3,(H,16,17). The van der Waals surface area contributed by atoms with Gasteiger partial charge in [-0.25, -0.2) is 0 Å². The van der Waals surface area contributed by atoms with E-state index in [1.165, 1.54) is 32.1 Å². The highest BCUT2D eigenvalue weighted by molar-refractivity contribution is 5.78. The Morgan fingerprint density at radius 1 is 1.28 bits per heavy atom. The predicted molar refractivity (Wildman–Crippen MR) is 69.6 cm³/mol. The van der Waals surface area contributed by atoms with E-state index in [-0.39, 0.29) is 6.61 Å². The van der Waals surface area contributed by atoms with Crippen LogP contribution in [0.3, 0.4) is 0 Å². The maximum Gasteiger partial charge on any atom is 0.326 e. The average Bonchev–Trinajstić information content (AvgIpc) is 3.14. The summed E-state index contributed by atoms with van der Waals surface area (Å²) in [6, 6.07) is 0.379. The minimum Gasteiger partial charge on any atom is -0.480 e. The molecule has 4 nitrogen and oxygen atoms in total. The first-order chi connectivity index (χ1) is 8.60. The molecule has 1 unspecified atom stereocenters. The van der Waals surface area contributed by atoms with E-state index < -0.39 is 11.5 Å². The van der Waals surface area contributed by atoms with Gasteiger partial charge < -0.3 is 9.84 Å². The number of carbonyl (C=O) groups is 1. The van der Waals surface area contributed by atoms with Crippen molar-refractivity contribution in [3.05, 3.63) is 0 Å². The summed E-state index contributed by atoms with van der Waals surface area (Å²) in [5.41, 5.74) is -0.921. The Bertz CT molecular complexity index is 285. The van der Waals surface area contributed by atoms with Gasteiger partial charge in [0.2, 0.25) is 0 Å². The molecule has 0 aliphatic heterocycles. The summed E-state index contributed by atoms with van der Waals surface area (Å²) in [6.07, 6.45) is 8.58. The number of carboxylic acid groups (broad SMARTS) is 1. The van der Waals surface area contributed by atoms with Crippen molar-refractivity contribution in [3.8, 4) is 0 Å². The highest BCUT2D eigenvalue weighted by Gasteiger charge is 2.38. The van der Waals surface area contributed by atoms with E-state index in [0.717, 1.165) is 19.4 Å². The third-order valence-corrected chi connectivity index (χ3v) is 4.04. The number of hydrogen-bond donors (Lipinski definition) is 2. The van der Waals surface area contributed by atoms with Crippen LogP contribution in [-0.4, -0.2) is 35.9 Å². The molecule has 0 radical (unpaired) electrons. The Hall–Kier alpha value is -0.610. The highest BCUT2D eigenvalue weighted by atomic mass is 16.5. The zero-order chi connectivity index (χ0) is 13.0. The van der Waals surface area contributed by atoms with E-state index >= 15 is 0 Å². The molecule has 2 fully saturated rings. The normalized spacial score (nSPS) is 24.7. The Labute approximate surface area is 109 Å². The summed E-state index contributed by atoms with van der Waals surface area (Å²) in [4.78, 5) is 11.3. The molecule has 0 heterocycles. The molecule has 18 heavy (non-hydrogen) atoms. The molecule has 0 amide bonds. The third-order valence-electron chi connectivity index (χ3n) is 4.04. The van der Waals surface area contributed by atoms with Gasteiger partial charge in [-0.15, -0.1) is 0 Å². The molecule has 104 valence electrons. The van der Waals surface area contributed by atoms with Crippen LogP contribution >= 0.6 is 0 Å². The van der Waals surface area contributed by atoms with Gasteiger partial charge in [0.15, 0.2) is 0 Å². The van der Waals surface area contributed by atoms with Crippen molar-refractivity contribution in [1.82, 2.24) is 5.32 Å². The molecule has 0 saturated heterocycles. The SMILES string of the molecule is CC(COCC1CCCCC1)(NC1CC1)C(=O)O. The maximum absolute atomic E-state index is 11.3. The lowest BCUT2D eigenvalue weighted by atomic mass is 9.90. The summed E-state index contributed by atoms with van der Waals surface area (Å²) in [5, 5.41) is 12.5. The van der Waals surface area contributed by atoms with Crippen molar-refractivity contribution < 1.29 is 14.6 Å². The minimum absolute atomic E-state index is 0.273. The molecule has 2 saturated carbocycles. The smallest absolute Gasteiger partial charge is 0.326 e. The van der Waals surface area contributed by atoms with Gasteiger partial charge in [-0.05, 0) is 38.5 Å². The van der Waals surface area contributed by atoms with E-state index in [1.54, 1.807) is 6.92 Å². The van der Waals surface area contributed by atoms with Crippen molar-refractivity contribution in [1.29, 1.82) is 0 Å². The molecular formula is C14H25NO3. The molecule has 0 bridgehead atoms. The first-order valence-corrected chi connectivity index (χ1v) is 7.19. The quantitative estimate of drug-likeness (QED) is 0.732. The van der Waals surface area contributed by atoms with E-state index in [1.807, 2.05) is 0 Å². The fourth-order valence-corrected chi connectivity index (χ4v) is 2.63. The van der Waals surface area contributed by atoms with Crippen LogP contribution in [0.1, 0.15) is 51.9 Å². The molecule has 0 aromatic heterocycles. The number of nitrogens with one attached hydrogen (secondary N) is 1. The minimum atomic E-state index is -0.921. The monoisotopic (exact) mass is 255 g/mol. The van der Waals surface area contributed by atoms with Crippen LogP contribution in [0.2, 0.25) is 0 Å². The Balaban J connectivity index is 1.72. The maximum atomic E-state index is 11.3. The molecule has 0 spiro atoms. The summed E-state index contributed by atoms with van der Waals surface area (Å²) in [5.74, 6) is -0.171. The van der Waals surface area contributed by atoms with E-state index in [0.29, 0.717) is 12.0 Å². The molecule has 1 atom stereocenters. The van der Waals surface area contributed by atoms with E-state index in [9.17, 15) is 9.90 Å². The van der Waals surface area contributed by atoms with Crippen LogP contribution in [0.5, 0.6) is 0 Å². The summed E-state index contributed by atoms with van der Waals surface area (Å²) in [7, 11) is 0. The lowest BCUT2D eigenvalue weighted by molar-refractivity contribution is -0.147. The summed E-state index contributed by atoms with van der Waals surface area (Å²) in [6.45, 7) is 2.72. The van der Waals surface area contributed by atoms with Gasteiger partial charge in [-0.1, -0.05) is 19.3 Å². The number of aliphatic carboxylic acids is 1.